The summed E-state index contributed by atoms with van der Waals surface area (Å²) in [6.07, 6.45) is 1.77. The average molecular weight is 550 g/mol. The highest BCUT2D eigenvalue weighted by atomic mass is 79.9. The molecule has 6 nitrogen and oxygen atoms in total. The number of halogens is 1. The molecule has 1 aliphatic heterocycles. The second-order valence-electron chi connectivity index (χ2n) is 7.89. The van der Waals surface area contributed by atoms with Crippen LogP contribution in [0.5, 0.6) is 11.5 Å². The number of carbonyl (C=O) groups is 2. The summed E-state index contributed by atoms with van der Waals surface area (Å²) in [6, 6.07) is 9.40. The molecule has 33 heavy (non-hydrogen) atoms. The van der Waals surface area contributed by atoms with E-state index in [0.717, 1.165) is 22.4 Å². The second-order valence-corrected chi connectivity index (χ2v) is 10.4. The van der Waals surface area contributed by atoms with Crippen molar-refractivity contribution in [2.45, 2.75) is 33.7 Å². The van der Waals surface area contributed by atoms with Gasteiger partial charge in [0.15, 0.2) is 18.1 Å². The van der Waals surface area contributed by atoms with Gasteiger partial charge in [0.1, 0.15) is 4.32 Å². The van der Waals surface area contributed by atoms with Crippen molar-refractivity contribution in [3.05, 3.63) is 56.4 Å². The molecule has 0 radical (unpaired) electrons. The fourth-order valence-corrected chi connectivity index (χ4v) is 5.52. The summed E-state index contributed by atoms with van der Waals surface area (Å²) in [5.41, 5.74) is 3.60. The zero-order valence-corrected chi connectivity index (χ0v) is 22.2. The predicted octanol–water partition coefficient (Wildman–Crippen LogP) is 5.70. The second kappa shape index (κ2) is 10.7. The molecular weight excluding hydrogens is 524 g/mol. The van der Waals surface area contributed by atoms with Crippen LogP contribution in [0.1, 0.15) is 30.5 Å². The molecule has 1 N–H and O–H groups in total. The van der Waals surface area contributed by atoms with Gasteiger partial charge in [0.2, 0.25) is 0 Å². The van der Waals surface area contributed by atoms with E-state index in [2.05, 4.69) is 21.2 Å². The number of anilines is 1. The molecule has 1 heterocycles. The third-order valence-electron chi connectivity index (χ3n) is 4.74. The molecule has 9 heteroatoms. The van der Waals surface area contributed by atoms with Crippen LogP contribution in [0, 0.1) is 13.8 Å². The molecule has 3 rings (SSSR count). The molecule has 2 aromatic carbocycles. The molecule has 2 amide bonds. The van der Waals surface area contributed by atoms with E-state index < -0.39 is 0 Å². The van der Waals surface area contributed by atoms with E-state index in [4.69, 9.17) is 21.7 Å². The number of thioether (sulfide) groups is 1. The number of amides is 2. The average Bonchev–Trinajstić information content (AvgIpc) is 2.98. The lowest BCUT2D eigenvalue weighted by atomic mass is 10.1. The van der Waals surface area contributed by atoms with Gasteiger partial charge in [-0.2, -0.15) is 0 Å². The van der Waals surface area contributed by atoms with Crippen LogP contribution in [0.3, 0.4) is 0 Å². The van der Waals surface area contributed by atoms with Crippen molar-refractivity contribution in [3.8, 4) is 11.5 Å². The van der Waals surface area contributed by atoms with Crippen molar-refractivity contribution in [1.29, 1.82) is 0 Å². The van der Waals surface area contributed by atoms with Gasteiger partial charge in [-0.15, -0.1) is 0 Å². The summed E-state index contributed by atoms with van der Waals surface area (Å²) in [5.74, 6) is 0.447. The van der Waals surface area contributed by atoms with E-state index >= 15 is 0 Å². The van der Waals surface area contributed by atoms with E-state index in [9.17, 15) is 9.59 Å². The van der Waals surface area contributed by atoms with E-state index in [-0.39, 0.29) is 24.5 Å². The van der Waals surface area contributed by atoms with Gasteiger partial charge in [-0.25, -0.2) is 0 Å². The van der Waals surface area contributed by atoms with E-state index in [1.807, 2.05) is 52.0 Å². The van der Waals surface area contributed by atoms with Crippen LogP contribution in [0.25, 0.3) is 6.08 Å². The van der Waals surface area contributed by atoms with Crippen molar-refractivity contribution in [1.82, 2.24) is 4.90 Å². The fourth-order valence-electron chi connectivity index (χ4n) is 3.42. The molecule has 0 unspecified atom stereocenters. The van der Waals surface area contributed by atoms with E-state index in [1.54, 1.807) is 17.0 Å². The van der Waals surface area contributed by atoms with Crippen molar-refractivity contribution in [3.63, 3.8) is 0 Å². The Morgan fingerprint density at radius 2 is 1.88 bits per heavy atom. The first kappa shape index (κ1) is 25.3. The van der Waals surface area contributed by atoms with E-state index in [1.165, 1.54) is 18.9 Å². The van der Waals surface area contributed by atoms with Crippen molar-refractivity contribution in [2.75, 3.05) is 19.0 Å². The summed E-state index contributed by atoms with van der Waals surface area (Å²) in [7, 11) is 1.52. The monoisotopic (exact) mass is 548 g/mol. The Morgan fingerprint density at radius 1 is 1.21 bits per heavy atom. The fraction of sp³-hybridized carbons (Fsp3) is 0.292. The Balaban J connectivity index is 1.75. The number of carbonyl (C=O) groups excluding carboxylic acids is 2. The smallest absolute Gasteiger partial charge is 0.266 e. The number of hydrogen-bond acceptors (Lipinski definition) is 6. The number of thiocarbonyl (C=S) groups is 1. The van der Waals surface area contributed by atoms with Gasteiger partial charge in [0, 0.05) is 11.7 Å². The highest BCUT2D eigenvalue weighted by molar-refractivity contribution is 9.10. The molecule has 0 aliphatic carbocycles. The minimum Gasteiger partial charge on any atom is -0.493 e. The Hall–Kier alpha value is -2.36. The van der Waals surface area contributed by atoms with Crippen LogP contribution in [-0.4, -0.2) is 40.8 Å². The maximum atomic E-state index is 12.7. The van der Waals surface area contributed by atoms with Gasteiger partial charge < -0.3 is 14.8 Å². The first-order valence-electron chi connectivity index (χ1n) is 10.2. The molecule has 0 aromatic heterocycles. The molecule has 1 aliphatic rings. The largest absolute Gasteiger partial charge is 0.493 e. The van der Waals surface area contributed by atoms with Crippen molar-refractivity contribution >= 4 is 67.8 Å². The maximum Gasteiger partial charge on any atom is 0.266 e. The highest BCUT2D eigenvalue weighted by Crippen LogP contribution is 2.39. The number of ether oxygens (including phenoxy) is 2. The number of nitrogens with one attached hydrogen (secondary N) is 1. The lowest BCUT2D eigenvalue weighted by molar-refractivity contribution is -0.123. The minimum atomic E-state index is -0.282. The van der Waals surface area contributed by atoms with E-state index in [0.29, 0.717) is 25.2 Å². The van der Waals surface area contributed by atoms with Crippen LogP contribution in [0.15, 0.2) is 39.7 Å². The van der Waals surface area contributed by atoms with Crippen LogP contribution >= 0.6 is 39.9 Å². The Morgan fingerprint density at radius 3 is 2.45 bits per heavy atom. The molecule has 1 fully saturated rings. The lowest BCUT2D eigenvalue weighted by Gasteiger charge is -2.18. The molecule has 0 spiro atoms. The summed E-state index contributed by atoms with van der Waals surface area (Å²) in [4.78, 5) is 27.2. The van der Waals surface area contributed by atoms with Gasteiger partial charge in [-0.1, -0.05) is 30.0 Å². The van der Waals surface area contributed by atoms with Gasteiger partial charge in [0.05, 0.1) is 16.5 Å². The van der Waals surface area contributed by atoms with Crippen LogP contribution < -0.4 is 14.8 Å². The first-order chi connectivity index (χ1) is 15.6. The molecule has 0 bridgehead atoms. The van der Waals surface area contributed by atoms with Gasteiger partial charge >= 0.3 is 0 Å². The molecule has 2 aromatic rings. The molecule has 1 saturated heterocycles. The Kier molecular flexibility index (Phi) is 8.20. The van der Waals surface area contributed by atoms with Crippen LogP contribution in [0.2, 0.25) is 0 Å². The van der Waals surface area contributed by atoms with Gasteiger partial charge in [0.25, 0.3) is 11.8 Å². The normalized spacial score (nSPS) is 14.9. The topological polar surface area (TPSA) is 67.9 Å². The number of methoxy groups -OCH3 is 1. The van der Waals surface area contributed by atoms with Crippen molar-refractivity contribution in [2.24, 2.45) is 0 Å². The van der Waals surface area contributed by atoms with Crippen LogP contribution in [-0.2, 0) is 9.59 Å². The SMILES string of the molecule is COc1cc(/C=C2\SC(=S)N(C(C)C)C2=O)cc(Br)c1OCC(=O)Nc1cc(C)cc(C)c1. The molecule has 174 valence electrons. The first-order valence-corrected chi connectivity index (χ1v) is 12.3. The Labute approximate surface area is 211 Å². The quantitative estimate of drug-likeness (QED) is 0.353. The number of nitrogens with zero attached hydrogens (tertiary/aromatic N) is 1. The zero-order valence-electron chi connectivity index (χ0n) is 19.0. The van der Waals surface area contributed by atoms with Gasteiger partial charge in [-0.05, 0) is 90.7 Å². The number of hydrogen-bond donors (Lipinski definition) is 1. The minimum absolute atomic E-state index is 0.00434. The predicted molar refractivity (Wildman–Crippen MR) is 141 cm³/mol. The molecule has 0 atom stereocenters. The highest BCUT2D eigenvalue weighted by Gasteiger charge is 2.33. The zero-order chi connectivity index (χ0) is 24.3. The number of benzene rings is 2. The summed E-state index contributed by atoms with van der Waals surface area (Å²) in [6.45, 7) is 7.62. The standard InChI is InChI=1S/C24H25BrN2O4S2/c1-13(2)27-23(29)20(33-24(27)32)11-16-9-18(25)22(19(10-16)30-5)31-12-21(28)26-17-7-14(3)6-15(4)8-17/h6-11,13H,12H2,1-5H3,(H,26,28)/b20-11-. The maximum absolute atomic E-state index is 12.7. The Bertz CT molecular complexity index is 1130. The third kappa shape index (κ3) is 6.16. The summed E-state index contributed by atoms with van der Waals surface area (Å²) in [5, 5.41) is 2.85. The van der Waals surface area contributed by atoms with Crippen molar-refractivity contribution < 1.29 is 19.1 Å². The molecule has 0 saturated carbocycles. The van der Waals surface area contributed by atoms with Gasteiger partial charge in [-0.3, -0.25) is 14.5 Å². The number of rotatable bonds is 7. The van der Waals surface area contributed by atoms with Crippen LogP contribution in [0.4, 0.5) is 5.69 Å². The summed E-state index contributed by atoms with van der Waals surface area (Å²) >= 11 is 10.1. The number of aryl methyl sites for hydroxylation is 2. The summed E-state index contributed by atoms with van der Waals surface area (Å²) < 4.78 is 12.4. The third-order valence-corrected chi connectivity index (χ3v) is 6.66. The lowest BCUT2D eigenvalue weighted by Crippen LogP contribution is -2.34. The molecular formula is C24H25BrN2O4S2.